The molecule has 1 fully saturated rings. The van der Waals surface area contributed by atoms with E-state index in [-0.39, 0.29) is 5.82 Å². The largest absolute Gasteiger partial charge is 0.301 e. The monoisotopic (exact) mass is 284 g/mol. The molecule has 1 aliphatic heterocycles. The second-order valence-corrected chi connectivity index (χ2v) is 5.61. The Morgan fingerprint density at radius 2 is 1.89 bits per heavy atom. The summed E-state index contributed by atoms with van der Waals surface area (Å²) in [6.07, 6.45) is 1.16. The Morgan fingerprint density at radius 3 is 2.68 bits per heavy atom. The molecule has 4 heteroatoms. The molecule has 1 heterocycles. The highest BCUT2D eigenvalue weighted by Crippen LogP contribution is 2.14. The van der Waals surface area contributed by atoms with E-state index in [1.54, 1.807) is 6.07 Å². The summed E-state index contributed by atoms with van der Waals surface area (Å²) in [6.45, 7) is 8.15. The first-order chi connectivity index (χ1) is 9.19. The van der Waals surface area contributed by atoms with Gasteiger partial charge >= 0.3 is 0 Å². The molecule has 1 saturated heterocycles. The Hall–Kier alpha value is -0.640. The fraction of sp³-hybridized carbons (Fsp3) is 0.600. The van der Waals surface area contributed by atoms with Crippen molar-refractivity contribution in [1.82, 2.24) is 9.80 Å². The highest BCUT2D eigenvalue weighted by atomic mass is 35.5. The zero-order chi connectivity index (χ0) is 13.7. The van der Waals surface area contributed by atoms with Crippen LogP contribution in [0.2, 0.25) is 0 Å². The first-order valence-electron chi connectivity index (χ1n) is 6.95. The lowest BCUT2D eigenvalue weighted by Crippen LogP contribution is -2.31. The molecular formula is C15H22ClFN2. The predicted molar refractivity (Wildman–Crippen MR) is 78.2 cm³/mol. The molecule has 106 valence electrons. The van der Waals surface area contributed by atoms with E-state index in [4.69, 9.17) is 11.6 Å². The van der Waals surface area contributed by atoms with Crippen LogP contribution in [0.15, 0.2) is 18.2 Å². The molecule has 0 unspecified atom stereocenters. The van der Waals surface area contributed by atoms with E-state index >= 15 is 0 Å². The highest BCUT2D eigenvalue weighted by Gasteiger charge is 2.15. The number of rotatable bonds is 4. The van der Waals surface area contributed by atoms with Gasteiger partial charge in [-0.15, -0.1) is 11.6 Å². The average molecular weight is 285 g/mol. The van der Waals surface area contributed by atoms with E-state index in [9.17, 15) is 4.39 Å². The Bertz CT molecular complexity index is 411. The second kappa shape index (κ2) is 7.22. The van der Waals surface area contributed by atoms with Crippen LogP contribution >= 0.6 is 11.6 Å². The van der Waals surface area contributed by atoms with Gasteiger partial charge in [-0.05, 0) is 49.7 Å². The zero-order valence-corrected chi connectivity index (χ0v) is 12.3. The number of benzene rings is 1. The van der Waals surface area contributed by atoms with Crippen molar-refractivity contribution in [2.75, 3.05) is 38.6 Å². The molecule has 0 aliphatic carbocycles. The summed E-state index contributed by atoms with van der Waals surface area (Å²) < 4.78 is 13.3. The van der Waals surface area contributed by atoms with Gasteiger partial charge in [0, 0.05) is 32.1 Å². The molecule has 1 aromatic rings. The first kappa shape index (κ1) is 14.8. The van der Waals surface area contributed by atoms with Crippen molar-refractivity contribution in [1.29, 1.82) is 0 Å². The van der Waals surface area contributed by atoms with Crippen LogP contribution in [0.3, 0.4) is 0 Å². The van der Waals surface area contributed by atoms with Crippen molar-refractivity contribution < 1.29 is 4.39 Å². The van der Waals surface area contributed by atoms with Crippen molar-refractivity contribution >= 4 is 11.6 Å². The third-order valence-corrected chi connectivity index (χ3v) is 3.96. The van der Waals surface area contributed by atoms with Gasteiger partial charge in [0.05, 0.1) is 0 Å². The topological polar surface area (TPSA) is 6.48 Å². The molecule has 1 aliphatic rings. The minimum atomic E-state index is -0.140. The summed E-state index contributed by atoms with van der Waals surface area (Å²) >= 11 is 5.80. The Morgan fingerprint density at radius 1 is 1.16 bits per heavy atom. The minimum Gasteiger partial charge on any atom is -0.301 e. The molecule has 0 N–H and O–H groups in total. The molecule has 0 saturated carbocycles. The second-order valence-electron chi connectivity index (χ2n) is 5.23. The van der Waals surface area contributed by atoms with E-state index in [1.165, 1.54) is 11.6 Å². The SMILES string of the molecule is Cc1ccc(F)cc1CN1CCCN(CCCl)CC1. The Kier molecular flexibility index (Phi) is 5.61. The van der Waals surface area contributed by atoms with Crippen LogP contribution in [0.1, 0.15) is 17.5 Å². The predicted octanol–water partition coefficient (Wildman–Crippen LogP) is 2.88. The van der Waals surface area contributed by atoms with E-state index in [0.717, 1.165) is 51.3 Å². The minimum absolute atomic E-state index is 0.140. The van der Waals surface area contributed by atoms with Crippen LogP contribution in [-0.4, -0.2) is 48.4 Å². The molecule has 19 heavy (non-hydrogen) atoms. The third-order valence-electron chi connectivity index (χ3n) is 3.79. The Labute approximate surface area is 120 Å². The normalized spacial score (nSPS) is 18.5. The van der Waals surface area contributed by atoms with Crippen LogP contribution in [0.25, 0.3) is 0 Å². The molecule has 2 rings (SSSR count). The molecule has 0 radical (unpaired) electrons. The maximum absolute atomic E-state index is 13.3. The van der Waals surface area contributed by atoms with Gasteiger partial charge in [-0.1, -0.05) is 6.07 Å². The first-order valence-corrected chi connectivity index (χ1v) is 7.48. The molecule has 0 atom stereocenters. The molecule has 0 aromatic heterocycles. The van der Waals surface area contributed by atoms with E-state index in [2.05, 4.69) is 9.80 Å². The van der Waals surface area contributed by atoms with Gasteiger partial charge in [0.2, 0.25) is 0 Å². The van der Waals surface area contributed by atoms with E-state index in [0.29, 0.717) is 5.88 Å². The summed E-state index contributed by atoms with van der Waals surface area (Å²) in [4.78, 5) is 4.82. The smallest absolute Gasteiger partial charge is 0.123 e. The molecular weight excluding hydrogens is 263 g/mol. The number of nitrogens with zero attached hydrogens (tertiary/aromatic N) is 2. The lowest BCUT2D eigenvalue weighted by Gasteiger charge is -2.22. The fourth-order valence-corrected chi connectivity index (χ4v) is 2.82. The summed E-state index contributed by atoms with van der Waals surface area (Å²) in [6, 6.07) is 5.06. The van der Waals surface area contributed by atoms with Gasteiger partial charge in [0.15, 0.2) is 0 Å². The van der Waals surface area contributed by atoms with Crippen LogP contribution in [0, 0.1) is 12.7 Å². The third kappa shape index (κ3) is 4.44. The van der Waals surface area contributed by atoms with Crippen molar-refractivity contribution in [2.24, 2.45) is 0 Å². The highest BCUT2D eigenvalue weighted by molar-refractivity contribution is 6.18. The standard InChI is InChI=1S/C15H22ClFN2/c1-13-3-4-15(17)11-14(13)12-19-7-2-6-18(8-5-16)9-10-19/h3-4,11H,2,5-10,12H2,1H3. The number of aryl methyl sites for hydroxylation is 1. The van der Waals surface area contributed by atoms with Crippen LogP contribution in [0.4, 0.5) is 4.39 Å². The number of alkyl halides is 1. The van der Waals surface area contributed by atoms with Crippen molar-refractivity contribution in [3.63, 3.8) is 0 Å². The number of hydrogen-bond acceptors (Lipinski definition) is 2. The van der Waals surface area contributed by atoms with E-state index < -0.39 is 0 Å². The quantitative estimate of drug-likeness (QED) is 0.785. The molecule has 0 spiro atoms. The van der Waals surface area contributed by atoms with Gasteiger partial charge < -0.3 is 4.90 Å². The number of halogens is 2. The van der Waals surface area contributed by atoms with Crippen LogP contribution < -0.4 is 0 Å². The fourth-order valence-electron chi connectivity index (χ4n) is 2.58. The maximum atomic E-state index is 13.3. The van der Waals surface area contributed by atoms with Gasteiger partial charge in [-0.3, -0.25) is 4.90 Å². The average Bonchev–Trinajstić information content (AvgIpc) is 2.60. The van der Waals surface area contributed by atoms with Gasteiger partial charge in [0.1, 0.15) is 5.82 Å². The molecule has 1 aromatic carbocycles. The summed E-state index contributed by atoms with van der Waals surface area (Å²) in [7, 11) is 0. The zero-order valence-electron chi connectivity index (χ0n) is 11.5. The number of hydrogen-bond donors (Lipinski definition) is 0. The molecule has 2 nitrogen and oxygen atoms in total. The lowest BCUT2D eigenvalue weighted by atomic mass is 10.1. The Balaban J connectivity index is 1.94. The summed E-state index contributed by atoms with van der Waals surface area (Å²) in [5, 5.41) is 0. The molecule has 0 bridgehead atoms. The van der Waals surface area contributed by atoms with E-state index in [1.807, 2.05) is 13.0 Å². The summed E-state index contributed by atoms with van der Waals surface area (Å²) in [5.74, 6) is 0.558. The van der Waals surface area contributed by atoms with Crippen molar-refractivity contribution in [3.8, 4) is 0 Å². The van der Waals surface area contributed by atoms with Crippen molar-refractivity contribution in [2.45, 2.75) is 19.9 Å². The lowest BCUT2D eigenvalue weighted by molar-refractivity contribution is 0.257. The van der Waals surface area contributed by atoms with Gasteiger partial charge in [-0.25, -0.2) is 4.39 Å². The maximum Gasteiger partial charge on any atom is 0.123 e. The van der Waals surface area contributed by atoms with Crippen LogP contribution in [-0.2, 0) is 6.54 Å². The molecule has 0 amide bonds. The van der Waals surface area contributed by atoms with Gasteiger partial charge in [0.25, 0.3) is 0 Å². The van der Waals surface area contributed by atoms with Gasteiger partial charge in [-0.2, -0.15) is 0 Å². The van der Waals surface area contributed by atoms with Crippen molar-refractivity contribution in [3.05, 3.63) is 35.1 Å². The summed E-state index contributed by atoms with van der Waals surface area (Å²) in [5.41, 5.74) is 2.27. The van der Waals surface area contributed by atoms with Crippen LogP contribution in [0.5, 0.6) is 0 Å².